The molecular weight excluding hydrogens is 638 g/mol. The molecule has 0 bridgehead atoms. The standard InChI is InChI=1S/C34H30ClF4N5O3/c35-29-8-2-1-7-27(29)32(46)41-26-13-14-30(28(20-26)31(45)40-21-22-9-11-24(36)12-10-22)43-15-4-16-44(18-17-43)33(47)42-25-6-3-5-23(19-25)34(37,38)39/h1-3,5-14,19-20H,4,15-18,21H2,(H,40,45)(H,41,46)(H,42,47). The summed E-state index contributed by atoms with van der Waals surface area (Å²) >= 11 is 6.19. The van der Waals surface area contributed by atoms with E-state index in [0.717, 1.165) is 12.1 Å². The van der Waals surface area contributed by atoms with Gasteiger partial charge in [0.2, 0.25) is 0 Å². The molecule has 0 aromatic heterocycles. The number of nitrogens with zero attached hydrogens (tertiary/aromatic N) is 2. The predicted molar refractivity (Wildman–Crippen MR) is 172 cm³/mol. The van der Waals surface area contributed by atoms with Crippen molar-refractivity contribution in [3.8, 4) is 0 Å². The van der Waals surface area contributed by atoms with Gasteiger partial charge in [-0.1, -0.05) is 41.9 Å². The summed E-state index contributed by atoms with van der Waals surface area (Å²) < 4.78 is 52.8. The molecule has 3 N–H and O–H groups in total. The summed E-state index contributed by atoms with van der Waals surface area (Å²) in [5.41, 5.74) is 1.26. The van der Waals surface area contributed by atoms with E-state index >= 15 is 0 Å². The monoisotopic (exact) mass is 667 g/mol. The maximum Gasteiger partial charge on any atom is 0.416 e. The Hall–Kier alpha value is -5.10. The fourth-order valence-corrected chi connectivity index (χ4v) is 5.35. The van der Waals surface area contributed by atoms with E-state index in [0.29, 0.717) is 43.0 Å². The van der Waals surface area contributed by atoms with E-state index in [1.54, 1.807) is 54.6 Å². The average molecular weight is 668 g/mol. The average Bonchev–Trinajstić information content (AvgIpc) is 3.31. The number of benzene rings is 4. The van der Waals surface area contributed by atoms with Crippen LogP contribution in [0.25, 0.3) is 0 Å². The number of rotatable bonds is 7. The van der Waals surface area contributed by atoms with Gasteiger partial charge in [-0.3, -0.25) is 9.59 Å². The van der Waals surface area contributed by atoms with Crippen molar-refractivity contribution in [1.82, 2.24) is 10.2 Å². The zero-order valence-electron chi connectivity index (χ0n) is 24.9. The van der Waals surface area contributed by atoms with E-state index in [4.69, 9.17) is 11.6 Å². The van der Waals surface area contributed by atoms with Gasteiger partial charge >= 0.3 is 12.2 Å². The summed E-state index contributed by atoms with van der Waals surface area (Å²) in [6, 6.07) is 21.1. The van der Waals surface area contributed by atoms with Crippen LogP contribution in [0.2, 0.25) is 5.02 Å². The summed E-state index contributed by atoms with van der Waals surface area (Å²) in [6.45, 7) is 1.47. The van der Waals surface area contributed by atoms with Gasteiger partial charge in [-0.25, -0.2) is 9.18 Å². The van der Waals surface area contributed by atoms with Gasteiger partial charge in [0.25, 0.3) is 11.8 Å². The molecular formula is C34H30ClF4N5O3. The molecule has 1 fully saturated rings. The molecule has 4 amide bonds. The molecule has 5 rings (SSSR count). The van der Waals surface area contributed by atoms with Gasteiger partial charge in [0.15, 0.2) is 0 Å². The van der Waals surface area contributed by atoms with Crippen LogP contribution in [0.5, 0.6) is 0 Å². The van der Waals surface area contributed by atoms with E-state index in [-0.39, 0.29) is 34.9 Å². The van der Waals surface area contributed by atoms with Gasteiger partial charge in [0.05, 0.1) is 21.7 Å². The van der Waals surface area contributed by atoms with Gasteiger partial charge in [-0.05, 0) is 72.6 Å². The minimum Gasteiger partial charge on any atom is -0.369 e. The fourth-order valence-electron chi connectivity index (χ4n) is 5.13. The second-order valence-corrected chi connectivity index (χ2v) is 11.2. The normalized spacial score (nSPS) is 13.5. The second kappa shape index (κ2) is 14.5. The molecule has 47 heavy (non-hydrogen) atoms. The second-order valence-electron chi connectivity index (χ2n) is 10.8. The van der Waals surface area contributed by atoms with Crippen LogP contribution in [0.15, 0.2) is 91.0 Å². The van der Waals surface area contributed by atoms with Gasteiger partial charge in [0, 0.05) is 49.8 Å². The number of anilines is 3. The molecule has 0 radical (unpaired) electrons. The van der Waals surface area contributed by atoms with Crippen LogP contribution in [0.3, 0.4) is 0 Å². The highest BCUT2D eigenvalue weighted by molar-refractivity contribution is 6.34. The van der Waals surface area contributed by atoms with E-state index in [2.05, 4.69) is 16.0 Å². The molecule has 1 saturated heterocycles. The summed E-state index contributed by atoms with van der Waals surface area (Å²) in [7, 11) is 0. The van der Waals surface area contributed by atoms with E-state index in [1.807, 2.05) is 4.90 Å². The number of urea groups is 1. The number of nitrogens with one attached hydrogen (secondary N) is 3. The van der Waals surface area contributed by atoms with Gasteiger partial charge in [-0.2, -0.15) is 13.2 Å². The number of hydrogen-bond donors (Lipinski definition) is 3. The van der Waals surface area contributed by atoms with E-state index in [1.165, 1.54) is 29.2 Å². The minimum atomic E-state index is -4.54. The molecule has 244 valence electrons. The van der Waals surface area contributed by atoms with Crippen molar-refractivity contribution >= 4 is 46.5 Å². The van der Waals surface area contributed by atoms with Crippen molar-refractivity contribution in [2.45, 2.75) is 19.1 Å². The lowest BCUT2D eigenvalue weighted by molar-refractivity contribution is -0.137. The highest BCUT2D eigenvalue weighted by atomic mass is 35.5. The Morgan fingerprint density at radius 3 is 2.23 bits per heavy atom. The number of amides is 4. The van der Waals surface area contributed by atoms with Crippen LogP contribution in [0, 0.1) is 5.82 Å². The van der Waals surface area contributed by atoms with Crippen LogP contribution >= 0.6 is 11.6 Å². The first-order valence-electron chi connectivity index (χ1n) is 14.7. The third kappa shape index (κ3) is 8.59. The number of hydrogen-bond acceptors (Lipinski definition) is 4. The SMILES string of the molecule is O=C(Nc1ccc(N2CCCN(C(=O)Nc3cccc(C(F)(F)F)c3)CC2)c(C(=O)NCc2ccc(F)cc2)c1)c1ccccc1Cl. The Bertz CT molecular complexity index is 1770. The molecule has 1 heterocycles. The van der Waals surface area contributed by atoms with Crippen LogP contribution in [0.4, 0.5) is 39.4 Å². The molecule has 0 unspecified atom stereocenters. The first-order chi connectivity index (χ1) is 22.5. The minimum absolute atomic E-state index is 0.0282. The molecule has 8 nitrogen and oxygen atoms in total. The van der Waals surface area contributed by atoms with Crippen LogP contribution in [-0.4, -0.2) is 48.9 Å². The van der Waals surface area contributed by atoms with Crippen molar-refractivity contribution in [1.29, 1.82) is 0 Å². The molecule has 4 aromatic rings. The summed E-state index contributed by atoms with van der Waals surface area (Å²) in [6.07, 6.45) is -4.03. The van der Waals surface area contributed by atoms with Gasteiger partial charge in [-0.15, -0.1) is 0 Å². The number of carbonyl (C=O) groups excluding carboxylic acids is 3. The van der Waals surface area contributed by atoms with E-state index in [9.17, 15) is 31.9 Å². The van der Waals surface area contributed by atoms with Crippen LogP contribution in [0.1, 0.15) is 38.3 Å². The molecule has 0 aliphatic carbocycles. The third-order valence-electron chi connectivity index (χ3n) is 7.55. The molecule has 0 atom stereocenters. The Kier molecular flexibility index (Phi) is 10.3. The molecule has 1 aliphatic heterocycles. The lowest BCUT2D eigenvalue weighted by atomic mass is 10.1. The lowest BCUT2D eigenvalue weighted by Gasteiger charge is -2.26. The Morgan fingerprint density at radius 2 is 1.49 bits per heavy atom. The van der Waals surface area contributed by atoms with Crippen LogP contribution in [-0.2, 0) is 12.7 Å². The number of halogens is 5. The van der Waals surface area contributed by atoms with Crippen molar-refractivity contribution in [2.24, 2.45) is 0 Å². The van der Waals surface area contributed by atoms with Crippen molar-refractivity contribution in [3.63, 3.8) is 0 Å². The maximum atomic E-state index is 13.6. The molecule has 13 heteroatoms. The third-order valence-corrected chi connectivity index (χ3v) is 7.88. The summed E-state index contributed by atoms with van der Waals surface area (Å²) in [5, 5.41) is 8.44. The summed E-state index contributed by atoms with van der Waals surface area (Å²) in [4.78, 5) is 43.0. The number of carbonyl (C=O) groups is 3. The first kappa shape index (κ1) is 33.3. The summed E-state index contributed by atoms with van der Waals surface area (Å²) in [5.74, 6) is -1.30. The molecule has 0 saturated carbocycles. The first-order valence-corrected chi connectivity index (χ1v) is 15.1. The predicted octanol–water partition coefficient (Wildman–Crippen LogP) is 7.42. The van der Waals surface area contributed by atoms with Crippen molar-refractivity contribution in [3.05, 3.63) is 124 Å². The largest absolute Gasteiger partial charge is 0.416 e. The fraction of sp³-hybridized carbons (Fsp3) is 0.206. The molecule has 0 spiro atoms. The van der Waals surface area contributed by atoms with Crippen molar-refractivity contribution in [2.75, 3.05) is 41.7 Å². The Balaban J connectivity index is 1.33. The van der Waals surface area contributed by atoms with Crippen LogP contribution < -0.4 is 20.9 Å². The van der Waals surface area contributed by atoms with E-state index < -0.39 is 35.4 Å². The highest BCUT2D eigenvalue weighted by Gasteiger charge is 2.31. The lowest BCUT2D eigenvalue weighted by Crippen LogP contribution is -2.38. The number of alkyl halides is 3. The maximum absolute atomic E-state index is 13.6. The smallest absolute Gasteiger partial charge is 0.369 e. The Labute approximate surface area is 273 Å². The quantitative estimate of drug-likeness (QED) is 0.179. The van der Waals surface area contributed by atoms with Crippen molar-refractivity contribution < 1.29 is 31.9 Å². The zero-order chi connectivity index (χ0) is 33.6. The Morgan fingerprint density at radius 1 is 0.745 bits per heavy atom. The molecule has 1 aliphatic rings. The van der Waals surface area contributed by atoms with Gasteiger partial charge < -0.3 is 25.8 Å². The molecule has 4 aromatic carbocycles. The topological polar surface area (TPSA) is 93.8 Å². The highest BCUT2D eigenvalue weighted by Crippen LogP contribution is 2.31. The zero-order valence-corrected chi connectivity index (χ0v) is 25.7. The van der Waals surface area contributed by atoms with Gasteiger partial charge in [0.1, 0.15) is 5.82 Å².